The summed E-state index contributed by atoms with van der Waals surface area (Å²) >= 11 is 1.63. The molecule has 7 heteroatoms. The van der Waals surface area contributed by atoms with Crippen LogP contribution in [-0.4, -0.2) is 42.4 Å². The molecule has 0 saturated carbocycles. The van der Waals surface area contributed by atoms with E-state index >= 15 is 0 Å². The van der Waals surface area contributed by atoms with Crippen molar-refractivity contribution in [3.8, 4) is 16.9 Å². The molecular weight excluding hydrogens is 460 g/mol. The molecule has 1 saturated heterocycles. The second-order valence-electron chi connectivity index (χ2n) is 8.53. The highest BCUT2D eigenvalue weighted by atomic mass is 32.1. The number of para-hydroxylation sites is 1. The zero-order valence-electron chi connectivity index (χ0n) is 20.3. The van der Waals surface area contributed by atoms with E-state index in [2.05, 4.69) is 33.5 Å². The van der Waals surface area contributed by atoms with E-state index in [0.717, 1.165) is 52.0 Å². The number of aromatic nitrogens is 1. The minimum Gasteiger partial charge on any atom is -0.493 e. The highest BCUT2D eigenvalue weighted by Crippen LogP contribution is 2.36. The summed E-state index contributed by atoms with van der Waals surface area (Å²) in [6.07, 6.45) is 4.84. The Morgan fingerprint density at radius 2 is 2.00 bits per heavy atom. The Morgan fingerprint density at radius 3 is 2.66 bits per heavy atom. The second kappa shape index (κ2) is 12.0. The number of fused-ring (bicyclic) bond motifs is 1. The number of thiazole rings is 1. The van der Waals surface area contributed by atoms with Gasteiger partial charge >= 0.3 is 5.97 Å². The molecule has 3 aromatic rings. The number of carbonyl (C=O) groups is 1. The fraction of sp³-hybridized carbons (Fsp3) is 0.357. The third kappa shape index (κ3) is 6.50. The third-order valence-electron chi connectivity index (χ3n) is 5.97. The van der Waals surface area contributed by atoms with Gasteiger partial charge in [0.15, 0.2) is 0 Å². The number of carboxylic acids is 1. The lowest BCUT2D eigenvalue weighted by Crippen LogP contribution is -2.24. The SMILES string of the molecule is C1CCOC1.CCOc1ccccc1-c1ccc2c(c1)C=C(C(=O)O)CCN2Cc1csc(C)n1. The molecule has 0 amide bonds. The Kier molecular flexibility index (Phi) is 8.55. The molecule has 2 aliphatic heterocycles. The molecule has 0 atom stereocenters. The van der Waals surface area contributed by atoms with Crippen LogP contribution in [0.3, 0.4) is 0 Å². The topological polar surface area (TPSA) is 71.9 Å². The second-order valence-corrected chi connectivity index (χ2v) is 9.59. The minimum absolute atomic E-state index is 0.420. The first-order valence-corrected chi connectivity index (χ1v) is 13.0. The molecule has 1 aromatic heterocycles. The first-order valence-electron chi connectivity index (χ1n) is 12.1. The van der Waals surface area contributed by atoms with Crippen molar-refractivity contribution in [2.24, 2.45) is 0 Å². The van der Waals surface area contributed by atoms with Crippen LogP contribution in [0, 0.1) is 6.92 Å². The van der Waals surface area contributed by atoms with Crippen LogP contribution in [0.1, 0.15) is 42.5 Å². The van der Waals surface area contributed by atoms with Crippen molar-refractivity contribution in [3.05, 3.63) is 69.7 Å². The Bertz CT molecular complexity index is 1180. The van der Waals surface area contributed by atoms with Crippen LogP contribution in [0.4, 0.5) is 5.69 Å². The van der Waals surface area contributed by atoms with Crippen molar-refractivity contribution in [3.63, 3.8) is 0 Å². The maximum absolute atomic E-state index is 11.8. The first-order chi connectivity index (χ1) is 17.0. The van der Waals surface area contributed by atoms with Crippen molar-refractivity contribution >= 4 is 29.1 Å². The fourth-order valence-electron chi connectivity index (χ4n) is 4.27. The summed E-state index contributed by atoms with van der Waals surface area (Å²) in [4.78, 5) is 18.6. The van der Waals surface area contributed by atoms with E-state index in [-0.39, 0.29) is 0 Å². The summed E-state index contributed by atoms with van der Waals surface area (Å²) in [5, 5.41) is 12.8. The van der Waals surface area contributed by atoms with E-state index in [1.165, 1.54) is 12.8 Å². The Balaban J connectivity index is 0.000000514. The normalized spacial score (nSPS) is 14.9. The van der Waals surface area contributed by atoms with Crippen LogP contribution in [-0.2, 0) is 16.1 Å². The van der Waals surface area contributed by atoms with Crippen LogP contribution >= 0.6 is 11.3 Å². The van der Waals surface area contributed by atoms with Crippen LogP contribution < -0.4 is 9.64 Å². The van der Waals surface area contributed by atoms with Gasteiger partial charge in [0, 0.05) is 42.0 Å². The largest absolute Gasteiger partial charge is 0.493 e. The van der Waals surface area contributed by atoms with E-state index in [1.807, 2.05) is 38.1 Å². The van der Waals surface area contributed by atoms with Gasteiger partial charge in [0.25, 0.3) is 0 Å². The molecule has 0 aliphatic carbocycles. The van der Waals surface area contributed by atoms with Crippen molar-refractivity contribution in [2.75, 3.05) is 31.3 Å². The highest BCUT2D eigenvalue weighted by Gasteiger charge is 2.21. The number of nitrogens with zero attached hydrogens (tertiary/aromatic N) is 2. The van der Waals surface area contributed by atoms with Gasteiger partial charge in [0.1, 0.15) is 5.75 Å². The Hall–Kier alpha value is -3.16. The molecule has 6 nitrogen and oxygen atoms in total. The average molecular weight is 493 g/mol. The van der Waals surface area contributed by atoms with E-state index in [9.17, 15) is 9.90 Å². The molecule has 1 fully saturated rings. The van der Waals surface area contributed by atoms with Gasteiger partial charge < -0.3 is 19.5 Å². The van der Waals surface area contributed by atoms with Crippen molar-refractivity contribution in [2.45, 2.75) is 39.7 Å². The van der Waals surface area contributed by atoms with Crippen LogP contribution in [0.15, 0.2) is 53.4 Å². The number of hydrogen-bond donors (Lipinski definition) is 1. The van der Waals surface area contributed by atoms with E-state index in [4.69, 9.17) is 9.47 Å². The summed E-state index contributed by atoms with van der Waals surface area (Å²) in [7, 11) is 0. The molecule has 35 heavy (non-hydrogen) atoms. The molecular formula is C28H32N2O4S. The quantitative estimate of drug-likeness (QED) is 0.442. The van der Waals surface area contributed by atoms with Gasteiger partial charge in [0.2, 0.25) is 0 Å². The highest BCUT2D eigenvalue weighted by molar-refractivity contribution is 7.09. The molecule has 0 radical (unpaired) electrons. The molecule has 5 rings (SSSR count). The predicted molar refractivity (Wildman–Crippen MR) is 141 cm³/mol. The molecule has 184 valence electrons. The summed E-state index contributed by atoms with van der Waals surface area (Å²) < 4.78 is 10.7. The van der Waals surface area contributed by atoms with Gasteiger partial charge in [0.05, 0.1) is 23.9 Å². The lowest BCUT2D eigenvalue weighted by Gasteiger charge is -2.24. The van der Waals surface area contributed by atoms with Gasteiger partial charge in [-0.1, -0.05) is 24.3 Å². The zero-order valence-corrected chi connectivity index (χ0v) is 21.1. The van der Waals surface area contributed by atoms with Crippen molar-refractivity contribution in [1.29, 1.82) is 0 Å². The maximum atomic E-state index is 11.8. The number of rotatable bonds is 6. The Morgan fingerprint density at radius 1 is 1.20 bits per heavy atom. The van der Waals surface area contributed by atoms with Gasteiger partial charge in [-0.05, 0) is 68.5 Å². The predicted octanol–water partition coefficient (Wildman–Crippen LogP) is 6.19. The molecule has 3 heterocycles. The number of anilines is 1. The number of aliphatic carboxylic acids is 1. The van der Waals surface area contributed by atoms with Crippen LogP contribution in [0.5, 0.6) is 5.75 Å². The van der Waals surface area contributed by atoms with Crippen molar-refractivity contribution in [1.82, 2.24) is 4.98 Å². The molecule has 0 unspecified atom stereocenters. The average Bonchev–Trinajstić information content (AvgIpc) is 3.53. The fourth-order valence-corrected chi connectivity index (χ4v) is 4.87. The summed E-state index contributed by atoms with van der Waals surface area (Å²) in [5.74, 6) is -0.0433. The van der Waals surface area contributed by atoms with Gasteiger partial charge in [-0.25, -0.2) is 9.78 Å². The van der Waals surface area contributed by atoms with Crippen LogP contribution in [0.25, 0.3) is 17.2 Å². The van der Waals surface area contributed by atoms with Crippen LogP contribution in [0.2, 0.25) is 0 Å². The molecule has 0 bridgehead atoms. The van der Waals surface area contributed by atoms with E-state index in [0.29, 0.717) is 31.7 Å². The van der Waals surface area contributed by atoms with E-state index in [1.54, 1.807) is 17.4 Å². The number of benzene rings is 2. The van der Waals surface area contributed by atoms with Gasteiger partial charge in [-0.15, -0.1) is 11.3 Å². The third-order valence-corrected chi connectivity index (χ3v) is 6.79. The molecule has 2 aromatic carbocycles. The number of hydrogen-bond acceptors (Lipinski definition) is 6. The van der Waals surface area contributed by atoms with E-state index < -0.39 is 5.97 Å². The number of carboxylic acid groups (broad SMARTS) is 1. The van der Waals surface area contributed by atoms with Gasteiger partial charge in [-0.3, -0.25) is 0 Å². The lowest BCUT2D eigenvalue weighted by atomic mass is 9.99. The summed E-state index contributed by atoms with van der Waals surface area (Å²) in [5.41, 5.74) is 5.36. The molecule has 1 N–H and O–H groups in total. The first kappa shape index (κ1) is 24.9. The molecule has 2 aliphatic rings. The number of aryl methyl sites for hydroxylation is 1. The maximum Gasteiger partial charge on any atom is 0.331 e. The summed E-state index contributed by atoms with van der Waals surface area (Å²) in [6, 6.07) is 14.1. The standard InChI is InChI=1S/C24H24N2O3S.C4H8O/c1-3-29-23-7-5-4-6-21(23)17-8-9-22-19(12-17)13-18(24(27)28)10-11-26(22)14-20-15-30-16(2)25-20;1-2-4-5-3-1/h4-9,12-13,15H,3,10-11,14H2,1-2H3,(H,27,28);1-4H2. The monoisotopic (exact) mass is 492 g/mol. The van der Waals surface area contributed by atoms with Gasteiger partial charge in [-0.2, -0.15) is 0 Å². The Labute approximate surface area is 210 Å². The zero-order chi connectivity index (χ0) is 24.6. The summed E-state index contributed by atoms with van der Waals surface area (Å²) in [6.45, 7) is 7.85. The smallest absolute Gasteiger partial charge is 0.331 e. The minimum atomic E-state index is -0.868. The van der Waals surface area contributed by atoms with Crippen molar-refractivity contribution < 1.29 is 19.4 Å². The molecule has 0 spiro atoms. The number of ether oxygens (including phenoxy) is 2. The lowest BCUT2D eigenvalue weighted by molar-refractivity contribution is -0.132.